The van der Waals surface area contributed by atoms with Crippen molar-refractivity contribution in [1.29, 1.82) is 5.26 Å². The van der Waals surface area contributed by atoms with Gasteiger partial charge in [-0.25, -0.2) is 8.42 Å². The molecule has 0 atom stereocenters. The molecule has 0 aromatic carbocycles. The van der Waals surface area contributed by atoms with Crippen molar-refractivity contribution in [2.24, 2.45) is 0 Å². The lowest BCUT2D eigenvalue weighted by Gasteiger charge is -2.16. The molecule has 94 valence electrons. The second-order valence-corrected chi connectivity index (χ2v) is 8.05. The van der Waals surface area contributed by atoms with Gasteiger partial charge in [0, 0.05) is 6.54 Å². The van der Waals surface area contributed by atoms with Gasteiger partial charge in [0.25, 0.3) is 10.0 Å². The van der Waals surface area contributed by atoms with Gasteiger partial charge in [0.2, 0.25) is 0 Å². The minimum atomic E-state index is -3.53. The summed E-state index contributed by atoms with van der Waals surface area (Å²) in [6, 6.07) is 3.52. The number of hydrogen-bond donors (Lipinski definition) is 0. The number of hydrogen-bond acceptors (Lipinski definition) is 4. The number of rotatable bonds is 5. The molecule has 4 nitrogen and oxygen atoms in total. The van der Waals surface area contributed by atoms with Crippen molar-refractivity contribution in [3.63, 3.8) is 0 Å². The largest absolute Gasteiger partial charge is 0.253 e. The van der Waals surface area contributed by atoms with Crippen LogP contribution in [-0.2, 0) is 10.0 Å². The first-order chi connectivity index (χ1) is 7.93. The minimum Gasteiger partial charge on any atom is -0.206 e. The first-order valence-corrected chi connectivity index (χ1v) is 8.11. The van der Waals surface area contributed by atoms with Crippen molar-refractivity contribution < 1.29 is 8.42 Å². The average molecular weight is 337 g/mol. The van der Waals surface area contributed by atoms with Gasteiger partial charge in [-0.3, -0.25) is 0 Å². The molecule has 0 radical (unpaired) electrons. The van der Waals surface area contributed by atoms with E-state index in [0.717, 1.165) is 9.35 Å². The molecular weight excluding hydrogens is 324 g/mol. The Bertz CT molecular complexity index is 511. The van der Waals surface area contributed by atoms with E-state index in [1.807, 2.05) is 19.9 Å². The summed E-state index contributed by atoms with van der Waals surface area (Å²) in [5.74, 6) is 0. The zero-order valence-electron chi connectivity index (χ0n) is 9.60. The van der Waals surface area contributed by atoms with Crippen LogP contribution in [0.3, 0.4) is 0 Å². The van der Waals surface area contributed by atoms with Crippen molar-refractivity contribution >= 4 is 37.3 Å². The van der Waals surface area contributed by atoms with Gasteiger partial charge < -0.3 is 0 Å². The summed E-state index contributed by atoms with van der Waals surface area (Å²) in [7, 11) is -3.53. The van der Waals surface area contributed by atoms with Crippen LogP contribution < -0.4 is 0 Å². The summed E-state index contributed by atoms with van der Waals surface area (Å²) >= 11 is 4.49. The van der Waals surface area contributed by atoms with Crippen molar-refractivity contribution in [2.75, 3.05) is 13.1 Å². The van der Waals surface area contributed by atoms with E-state index in [1.54, 1.807) is 6.07 Å². The summed E-state index contributed by atoms with van der Waals surface area (Å²) in [4.78, 5) is 0. The van der Waals surface area contributed by atoms with Crippen LogP contribution in [-0.4, -0.2) is 25.8 Å². The fourth-order valence-corrected chi connectivity index (χ4v) is 5.11. The highest BCUT2D eigenvalue weighted by molar-refractivity contribution is 9.11. The van der Waals surface area contributed by atoms with Crippen LogP contribution in [0, 0.1) is 18.3 Å². The third-order valence-electron chi connectivity index (χ3n) is 2.15. The van der Waals surface area contributed by atoms with Gasteiger partial charge in [-0.05, 0) is 40.9 Å². The molecule has 0 saturated heterocycles. The molecule has 7 heteroatoms. The second-order valence-electron chi connectivity index (χ2n) is 3.52. The van der Waals surface area contributed by atoms with E-state index >= 15 is 0 Å². The molecular formula is C10H13BrN2O2S2. The standard InChI is InChI=1S/C10H13BrN2O2S2/c1-3-5-13(6-4-12)17(14,15)9-7-8(2)10(11)16-9/h7H,3,5-6H2,1-2H3. The van der Waals surface area contributed by atoms with Gasteiger partial charge >= 0.3 is 0 Å². The van der Waals surface area contributed by atoms with Gasteiger partial charge in [-0.2, -0.15) is 9.57 Å². The molecule has 0 unspecified atom stereocenters. The number of halogens is 1. The van der Waals surface area contributed by atoms with Crippen molar-refractivity contribution in [3.8, 4) is 6.07 Å². The van der Waals surface area contributed by atoms with E-state index < -0.39 is 10.0 Å². The molecule has 17 heavy (non-hydrogen) atoms. The molecule has 0 fully saturated rings. The molecule has 0 amide bonds. The van der Waals surface area contributed by atoms with E-state index in [0.29, 0.717) is 13.0 Å². The van der Waals surface area contributed by atoms with Gasteiger partial charge in [0.15, 0.2) is 0 Å². The minimum absolute atomic E-state index is 0.106. The van der Waals surface area contributed by atoms with Crippen LogP contribution in [0.5, 0.6) is 0 Å². The summed E-state index contributed by atoms with van der Waals surface area (Å²) in [5, 5.41) is 8.67. The maximum absolute atomic E-state index is 12.2. The number of nitrogens with zero attached hydrogens (tertiary/aromatic N) is 2. The Morgan fingerprint density at radius 3 is 2.65 bits per heavy atom. The molecule has 0 spiro atoms. The molecule has 0 aliphatic heterocycles. The van der Waals surface area contributed by atoms with Crippen LogP contribution in [0.1, 0.15) is 18.9 Å². The first-order valence-electron chi connectivity index (χ1n) is 5.06. The SMILES string of the molecule is CCCN(CC#N)S(=O)(=O)c1cc(C)c(Br)s1. The predicted octanol–water partition coefficient (Wildman–Crippen LogP) is 2.74. The topological polar surface area (TPSA) is 61.2 Å². The van der Waals surface area contributed by atoms with Gasteiger partial charge in [0.05, 0.1) is 9.86 Å². The predicted molar refractivity (Wildman–Crippen MR) is 71.4 cm³/mol. The molecule has 0 aliphatic rings. The molecule has 1 aromatic heterocycles. The lowest BCUT2D eigenvalue weighted by atomic mass is 10.4. The summed E-state index contributed by atoms with van der Waals surface area (Å²) in [6.07, 6.45) is 0.687. The van der Waals surface area contributed by atoms with E-state index in [-0.39, 0.29) is 10.8 Å². The number of aryl methyl sites for hydroxylation is 1. The molecule has 0 bridgehead atoms. The highest BCUT2D eigenvalue weighted by atomic mass is 79.9. The molecule has 1 heterocycles. The highest BCUT2D eigenvalue weighted by Crippen LogP contribution is 2.32. The van der Waals surface area contributed by atoms with E-state index in [2.05, 4.69) is 15.9 Å². The smallest absolute Gasteiger partial charge is 0.206 e. The number of thiophene rings is 1. The fourth-order valence-electron chi connectivity index (χ4n) is 1.30. The third kappa shape index (κ3) is 3.28. The summed E-state index contributed by atoms with van der Waals surface area (Å²) in [5.41, 5.74) is 0.891. The molecule has 0 saturated carbocycles. The maximum Gasteiger partial charge on any atom is 0.253 e. The maximum atomic E-state index is 12.2. The Morgan fingerprint density at radius 1 is 1.59 bits per heavy atom. The van der Waals surface area contributed by atoms with Gasteiger partial charge in [-0.15, -0.1) is 11.3 Å². The highest BCUT2D eigenvalue weighted by Gasteiger charge is 2.25. The second kappa shape index (κ2) is 5.96. The quantitative estimate of drug-likeness (QED) is 0.776. The third-order valence-corrected chi connectivity index (χ3v) is 6.58. The van der Waals surface area contributed by atoms with Crippen LogP contribution >= 0.6 is 27.3 Å². The van der Waals surface area contributed by atoms with Crippen LogP contribution in [0.2, 0.25) is 0 Å². The van der Waals surface area contributed by atoms with Crippen LogP contribution in [0.4, 0.5) is 0 Å². The Morgan fingerprint density at radius 2 is 2.24 bits per heavy atom. The average Bonchev–Trinajstić information content (AvgIpc) is 2.59. The Labute approximate surface area is 114 Å². The molecule has 0 aliphatic carbocycles. The fraction of sp³-hybridized carbons (Fsp3) is 0.500. The lowest BCUT2D eigenvalue weighted by molar-refractivity contribution is 0.446. The van der Waals surface area contributed by atoms with Crippen molar-refractivity contribution in [2.45, 2.75) is 24.5 Å². The molecule has 1 aromatic rings. The van der Waals surface area contributed by atoms with Crippen molar-refractivity contribution in [1.82, 2.24) is 4.31 Å². The van der Waals surface area contributed by atoms with Crippen LogP contribution in [0.15, 0.2) is 14.1 Å². The lowest BCUT2D eigenvalue weighted by Crippen LogP contribution is -2.31. The van der Waals surface area contributed by atoms with E-state index in [4.69, 9.17) is 5.26 Å². The van der Waals surface area contributed by atoms with Crippen LogP contribution in [0.25, 0.3) is 0 Å². The Hall–Kier alpha value is -0.420. The first kappa shape index (κ1) is 14.6. The summed E-state index contributed by atoms with van der Waals surface area (Å²) in [6.45, 7) is 3.98. The zero-order chi connectivity index (χ0) is 13.1. The molecule has 1 rings (SSSR count). The summed E-state index contributed by atoms with van der Waals surface area (Å²) < 4.78 is 26.8. The number of sulfonamides is 1. The monoisotopic (exact) mass is 336 g/mol. The normalized spacial score (nSPS) is 11.7. The zero-order valence-corrected chi connectivity index (χ0v) is 12.8. The molecule has 0 N–H and O–H groups in total. The van der Waals surface area contributed by atoms with E-state index in [9.17, 15) is 8.42 Å². The van der Waals surface area contributed by atoms with Crippen molar-refractivity contribution in [3.05, 3.63) is 15.4 Å². The van der Waals surface area contributed by atoms with E-state index in [1.165, 1.54) is 15.6 Å². The van der Waals surface area contributed by atoms with Gasteiger partial charge in [-0.1, -0.05) is 6.92 Å². The van der Waals surface area contributed by atoms with Gasteiger partial charge in [0.1, 0.15) is 10.8 Å². The Kier molecular flexibility index (Phi) is 5.13. The number of nitriles is 1. The Balaban J connectivity index is 3.12.